The molecule has 1 saturated heterocycles. The first-order valence-corrected chi connectivity index (χ1v) is 10.7. The molecule has 0 saturated carbocycles. The zero-order valence-corrected chi connectivity index (χ0v) is 19.0. The molecule has 0 bridgehead atoms. The molecule has 0 aliphatic carbocycles. The van der Waals surface area contributed by atoms with Gasteiger partial charge in [-0.2, -0.15) is 5.10 Å². The van der Waals surface area contributed by atoms with Crippen molar-refractivity contribution in [1.29, 1.82) is 0 Å². The summed E-state index contributed by atoms with van der Waals surface area (Å²) in [6.45, 7) is 5.77. The highest BCUT2D eigenvalue weighted by molar-refractivity contribution is 9.10. The molecule has 0 unspecified atom stereocenters. The van der Waals surface area contributed by atoms with Crippen LogP contribution in [0.5, 0.6) is 0 Å². The first-order valence-electron chi connectivity index (χ1n) is 9.05. The number of aryl methyl sites for hydroxylation is 1. The predicted octanol–water partition coefficient (Wildman–Crippen LogP) is 3.77. The highest BCUT2D eigenvalue weighted by Gasteiger charge is 2.19. The third-order valence-electron chi connectivity index (χ3n) is 4.35. The molecule has 1 aliphatic rings. The van der Waals surface area contributed by atoms with Crippen LogP contribution >= 0.6 is 27.7 Å². The number of aromatic nitrogens is 4. The van der Waals surface area contributed by atoms with Gasteiger partial charge < -0.3 is 10.1 Å². The van der Waals surface area contributed by atoms with E-state index in [4.69, 9.17) is 4.74 Å². The fraction of sp³-hybridized carbons (Fsp3) is 0.474. The summed E-state index contributed by atoms with van der Waals surface area (Å²) in [5.74, 6) is 0. The summed E-state index contributed by atoms with van der Waals surface area (Å²) in [4.78, 5) is 19.6. The minimum atomic E-state index is 0.487. The summed E-state index contributed by atoms with van der Waals surface area (Å²) in [5, 5.41) is 10.4. The van der Waals surface area contributed by atoms with E-state index in [0.29, 0.717) is 21.9 Å². The Labute approximate surface area is 178 Å². The smallest absolute Gasteiger partial charge is 0.169 e. The molecule has 0 aromatic carbocycles. The fourth-order valence-corrected chi connectivity index (χ4v) is 3.96. The number of carbonyl (C=O) groups is 1. The molecule has 28 heavy (non-hydrogen) atoms. The number of rotatable bonds is 5. The standard InChI is InChI=1S/C13H13BrN4OS.C6H13NO/c1-4-5-20-13-8(2)11(15-7-16-13)12-10(14)9(6-19)18(3)17-12;1-7-6-2-4-8-5-3-6/h4-7H,1-3H3;6-7H,2-5H2,1H3/b5-4-;. The summed E-state index contributed by atoms with van der Waals surface area (Å²) in [5.41, 5.74) is 2.80. The molecule has 3 heterocycles. The van der Waals surface area contributed by atoms with Crippen LogP contribution in [0.15, 0.2) is 27.3 Å². The normalized spacial score (nSPS) is 14.8. The Morgan fingerprint density at radius 3 is 2.57 bits per heavy atom. The molecule has 2 aromatic heterocycles. The van der Waals surface area contributed by atoms with Crippen LogP contribution < -0.4 is 5.32 Å². The summed E-state index contributed by atoms with van der Waals surface area (Å²) in [6, 6.07) is 0.712. The molecule has 1 fully saturated rings. The Bertz CT molecular complexity index is 819. The van der Waals surface area contributed by atoms with Crippen molar-refractivity contribution in [2.75, 3.05) is 20.3 Å². The molecule has 0 atom stereocenters. The lowest BCUT2D eigenvalue weighted by Gasteiger charge is -2.20. The average molecular weight is 468 g/mol. The van der Waals surface area contributed by atoms with E-state index >= 15 is 0 Å². The zero-order valence-electron chi connectivity index (χ0n) is 16.6. The van der Waals surface area contributed by atoms with Crippen LogP contribution in [-0.2, 0) is 11.8 Å². The number of ether oxygens (including phenoxy) is 1. The second-order valence-electron chi connectivity index (χ2n) is 6.20. The highest BCUT2D eigenvalue weighted by Crippen LogP contribution is 2.33. The third kappa shape index (κ3) is 5.73. The Morgan fingerprint density at radius 2 is 2.04 bits per heavy atom. The van der Waals surface area contributed by atoms with E-state index in [0.717, 1.165) is 35.8 Å². The maximum atomic E-state index is 11.0. The maximum Gasteiger partial charge on any atom is 0.169 e. The van der Waals surface area contributed by atoms with Crippen molar-refractivity contribution in [3.63, 3.8) is 0 Å². The van der Waals surface area contributed by atoms with E-state index in [1.807, 2.05) is 32.4 Å². The molecule has 152 valence electrons. The largest absolute Gasteiger partial charge is 0.381 e. The number of halogens is 1. The lowest BCUT2D eigenvalue weighted by Crippen LogP contribution is -2.31. The van der Waals surface area contributed by atoms with Crippen molar-refractivity contribution in [1.82, 2.24) is 25.1 Å². The van der Waals surface area contributed by atoms with E-state index in [1.54, 1.807) is 7.05 Å². The minimum absolute atomic E-state index is 0.487. The van der Waals surface area contributed by atoms with Gasteiger partial charge >= 0.3 is 0 Å². The Balaban J connectivity index is 0.000000292. The Hall–Kier alpha value is -1.55. The zero-order chi connectivity index (χ0) is 20.5. The summed E-state index contributed by atoms with van der Waals surface area (Å²) >= 11 is 4.94. The first-order chi connectivity index (χ1) is 13.5. The van der Waals surface area contributed by atoms with Crippen LogP contribution in [0.2, 0.25) is 0 Å². The van der Waals surface area contributed by atoms with E-state index in [9.17, 15) is 4.79 Å². The molecular weight excluding hydrogens is 442 g/mol. The molecule has 9 heteroatoms. The predicted molar refractivity (Wildman–Crippen MR) is 116 cm³/mol. The number of nitrogens with one attached hydrogen (secondary N) is 1. The number of carbonyl (C=O) groups excluding carboxylic acids is 1. The average Bonchev–Trinajstić information content (AvgIpc) is 3.01. The number of hydrogen-bond donors (Lipinski definition) is 1. The molecule has 1 aliphatic heterocycles. The molecule has 3 rings (SSSR count). The Morgan fingerprint density at radius 1 is 1.32 bits per heavy atom. The van der Waals surface area contributed by atoms with Gasteiger partial charge in [0.25, 0.3) is 0 Å². The van der Waals surface area contributed by atoms with Crippen molar-refractivity contribution in [3.8, 4) is 11.4 Å². The lowest BCUT2D eigenvalue weighted by atomic mass is 10.1. The van der Waals surface area contributed by atoms with E-state index in [1.165, 1.54) is 35.6 Å². The third-order valence-corrected chi connectivity index (χ3v) is 6.18. The van der Waals surface area contributed by atoms with Crippen LogP contribution in [0.3, 0.4) is 0 Å². The van der Waals surface area contributed by atoms with Crippen LogP contribution in [0.1, 0.15) is 35.8 Å². The van der Waals surface area contributed by atoms with Crippen molar-refractivity contribution in [2.24, 2.45) is 7.05 Å². The van der Waals surface area contributed by atoms with E-state index in [2.05, 4.69) is 36.3 Å². The van der Waals surface area contributed by atoms with Crippen molar-refractivity contribution in [2.45, 2.75) is 37.8 Å². The quantitative estimate of drug-likeness (QED) is 0.406. The molecular formula is C19H26BrN5O2S. The van der Waals surface area contributed by atoms with Gasteiger partial charge in [-0.05, 0) is 55.1 Å². The van der Waals surface area contributed by atoms with Crippen LogP contribution in [0.25, 0.3) is 11.4 Å². The summed E-state index contributed by atoms with van der Waals surface area (Å²) in [7, 11) is 3.74. The van der Waals surface area contributed by atoms with Crippen LogP contribution in [-0.4, -0.2) is 52.3 Å². The second-order valence-corrected chi connectivity index (χ2v) is 7.89. The molecule has 2 aromatic rings. The maximum absolute atomic E-state index is 11.0. The van der Waals surface area contributed by atoms with Gasteiger partial charge in [0.1, 0.15) is 22.7 Å². The minimum Gasteiger partial charge on any atom is -0.381 e. The summed E-state index contributed by atoms with van der Waals surface area (Å²) in [6.07, 6.45) is 6.59. The molecule has 1 N–H and O–H groups in total. The van der Waals surface area contributed by atoms with Crippen LogP contribution in [0.4, 0.5) is 0 Å². The lowest BCUT2D eigenvalue weighted by molar-refractivity contribution is 0.0799. The molecule has 0 spiro atoms. The number of thioether (sulfide) groups is 1. The van der Waals surface area contributed by atoms with Gasteiger partial charge in [-0.25, -0.2) is 9.97 Å². The van der Waals surface area contributed by atoms with E-state index < -0.39 is 0 Å². The van der Waals surface area contributed by atoms with Crippen LogP contribution in [0, 0.1) is 6.92 Å². The van der Waals surface area contributed by atoms with Gasteiger partial charge in [-0.1, -0.05) is 17.8 Å². The second kappa shape index (κ2) is 11.5. The topological polar surface area (TPSA) is 81.9 Å². The molecule has 0 amide bonds. The number of aldehydes is 1. The number of allylic oxidation sites excluding steroid dienone is 1. The van der Waals surface area contributed by atoms with Crippen molar-refractivity contribution >= 4 is 34.0 Å². The Kier molecular flexibility index (Phi) is 9.30. The van der Waals surface area contributed by atoms with Gasteiger partial charge in [-0.3, -0.25) is 9.48 Å². The number of nitrogens with zero attached hydrogens (tertiary/aromatic N) is 4. The van der Waals surface area contributed by atoms with Gasteiger partial charge in [0.2, 0.25) is 0 Å². The molecule has 0 radical (unpaired) electrons. The van der Waals surface area contributed by atoms with Crippen molar-refractivity contribution < 1.29 is 9.53 Å². The first kappa shape index (κ1) is 22.7. The summed E-state index contributed by atoms with van der Waals surface area (Å²) < 4.78 is 7.35. The van der Waals surface area contributed by atoms with Gasteiger partial charge in [0.15, 0.2) is 6.29 Å². The van der Waals surface area contributed by atoms with Gasteiger partial charge in [-0.15, -0.1) is 0 Å². The van der Waals surface area contributed by atoms with Crippen molar-refractivity contribution in [3.05, 3.63) is 33.5 Å². The molecule has 7 nitrogen and oxygen atoms in total. The SMILES string of the molecule is C/C=C\Sc1ncnc(-c2nn(C)c(C=O)c2Br)c1C.CNC1CCOCC1. The monoisotopic (exact) mass is 467 g/mol. The van der Waals surface area contributed by atoms with Gasteiger partial charge in [0.05, 0.1) is 10.2 Å². The van der Waals surface area contributed by atoms with Gasteiger partial charge in [0, 0.05) is 31.9 Å². The number of hydrogen-bond acceptors (Lipinski definition) is 7. The fourth-order valence-electron chi connectivity index (χ4n) is 2.70. The van der Waals surface area contributed by atoms with E-state index in [-0.39, 0.29) is 0 Å². The highest BCUT2D eigenvalue weighted by atomic mass is 79.9.